The number of hydrogen-bond donors (Lipinski definition) is 1. The molecule has 1 unspecified atom stereocenters. The highest BCUT2D eigenvalue weighted by Gasteiger charge is 2.23. The van der Waals surface area contributed by atoms with Gasteiger partial charge in [-0.3, -0.25) is 4.79 Å². The highest BCUT2D eigenvalue weighted by atomic mass is 16.5. The highest BCUT2D eigenvalue weighted by Crippen LogP contribution is 2.16. The Morgan fingerprint density at radius 1 is 1.69 bits per heavy atom. The molecule has 0 aromatic carbocycles. The number of hydrogen-bond acceptors (Lipinski definition) is 3. The van der Waals surface area contributed by atoms with Gasteiger partial charge >= 0.3 is 0 Å². The van der Waals surface area contributed by atoms with Crippen LogP contribution in [0, 0.1) is 5.92 Å². The standard InChI is InChI=1S/C9H18N2O2/c1-8(12)11-4-2-9(6-11)7-13-5-3-10/h9H,2-7,10H2,1H3. The summed E-state index contributed by atoms with van der Waals surface area (Å²) < 4.78 is 5.33. The van der Waals surface area contributed by atoms with Gasteiger partial charge in [-0.1, -0.05) is 0 Å². The minimum atomic E-state index is 0.168. The fourth-order valence-corrected chi connectivity index (χ4v) is 1.59. The lowest BCUT2D eigenvalue weighted by molar-refractivity contribution is -0.127. The first-order valence-corrected chi connectivity index (χ1v) is 4.77. The predicted octanol–water partition coefficient (Wildman–Crippen LogP) is -0.170. The second kappa shape index (κ2) is 5.19. The van der Waals surface area contributed by atoms with Gasteiger partial charge in [-0.05, 0) is 6.42 Å². The molecule has 1 atom stereocenters. The van der Waals surface area contributed by atoms with Crippen molar-refractivity contribution in [3.05, 3.63) is 0 Å². The Labute approximate surface area is 79.0 Å². The maximum absolute atomic E-state index is 11.0. The maximum Gasteiger partial charge on any atom is 0.219 e. The van der Waals surface area contributed by atoms with Gasteiger partial charge in [-0.25, -0.2) is 0 Å². The van der Waals surface area contributed by atoms with Crippen molar-refractivity contribution in [1.82, 2.24) is 4.90 Å². The minimum absolute atomic E-state index is 0.168. The van der Waals surface area contributed by atoms with E-state index in [0.29, 0.717) is 19.1 Å². The molecule has 76 valence electrons. The molecule has 1 amide bonds. The summed E-state index contributed by atoms with van der Waals surface area (Å²) in [7, 11) is 0. The van der Waals surface area contributed by atoms with Gasteiger partial charge in [-0.15, -0.1) is 0 Å². The summed E-state index contributed by atoms with van der Waals surface area (Å²) in [5.74, 6) is 0.678. The molecule has 0 radical (unpaired) electrons. The lowest BCUT2D eigenvalue weighted by Gasteiger charge is -2.13. The molecule has 0 aromatic heterocycles. The van der Waals surface area contributed by atoms with Gasteiger partial charge in [-0.2, -0.15) is 0 Å². The molecular weight excluding hydrogens is 168 g/mol. The molecule has 0 spiro atoms. The van der Waals surface area contributed by atoms with Gasteiger partial charge in [0.2, 0.25) is 5.91 Å². The zero-order valence-corrected chi connectivity index (χ0v) is 8.16. The van der Waals surface area contributed by atoms with E-state index < -0.39 is 0 Å². The van der Waals surface area contributed by atoms with Crippen molar-refractivity contribution in [2.75, 3.05) is 32.8 Å². The SMILES string of the molecule is CC(=O)N1CCC(COCCN)C1. The van der Waals surface area contributed by atoms with E-state index in [1.54, 1.807) is 6.92 Å². The summed E-state index contributed by atoms with van der Waals surface area (Å²) in [6.45, 7) is 5.27. The smallest absolute Gasteiger partial charge is 0.219 e. The topological polar surface area (TPSA) is 55.6 Å². The van der Waals surface area contributed by atoms with E-state index in [-0.39, 0.29) is 5.91 Å². The summed E-state index contributed by atoms with van der Waals surface area (Å²) in [6.07, 6.45) is 1.06. The van der Waals surface area contributed by atoms with Crippen LogP contribution in [0.15, 0.2) is 0 Å². The lowest BCUT2D eigenvalue weighted by atomic mass is 10.1. The summed E-state index contributed by atoms with van der Waals surface area (Å²) in [6, 6.07) is 0. The van der Waals surface area contributed by atoms with Crippen LogP contribution >= 0.6 is 0 Å². The van der Waals surface area contributed by atoms with Crippen molar-refractivity contribution in [3.8, 4) is 0 Å². The van der Waals surface area contributed by atoms with E-state index in [4.69, 9.17) is 10.5 Å². The van der Waals surface area contributed by atoms with Crippen molar-refractivity contribution in [2.24, 2.45) is 11.7 Å². The van der Waals surface area contributed by atoms with Gasteiger partial charge in [0, 0.05) is 32.5 Å². The molecule has 13 heavy (non-hydrogen) atoms. The van der Waals surface area contributed by atoms with Gasteiger partial charge < -0.3 is 15.4 Å². The van der Waals surface area contributed by atoms with Crippen LogP contribution in [-0.4, -0.2) is 43.7 Å². The molecule has 2 N–H and O–H groups in total. The van der Waals surface area contributed by atoms with E-state index >= 15 is 0 Å². The molecular formula is C9H18N2O2. The Morgan fingerprint density at radius 2 is 2.46 bits per heavy atom. The van der Waals surface area contributed by atoms with Gasteiger partial charge in [0.15, 0.2) is 0 Å². The number of carbonyl (C=O) groups is 1. The Morgan fingerprint density at radius 3 is 3.00 bits per heavy atom. The van der Waals surface area contributed by atoms with Crippen molar-refractivity contribution in [1.29, 1.82) is 0 Å². The monoisotopic (exact) mass is 186 g/mol. The lowest BCUT2D eigenvalue weighted by Crippen LogP contribution is -2.26. The molecule has 0 saturated carbocycles. The van der Waals surface area contributed by atoms with Gasteiger partial charge in [0.05, 0.1) is 13.2 Å². The molecule has 1 aliphatic heterocycles. The van der Waals surface area contributed by atoms with Crippen LogP contribution in [0.4, 0.5) is 0 Å². The van der Waals surface area contributed by atoms with Crippen molar-refractivity contribution >= 4 is 5.91 Å². The molecule has 4 nitrogen and oxygen atoms in total. The summed E-state index contributed by atoms with van der Waals surface area (Å²) in [5, 5.41) is 0. The third-order valence-corrected chi connectivity index (χ3v) is 2.35. The third-order valence-electron chi connectivity index (χ3n) is 2.35. The Hall–Kier alpha value is -0.610. The van der Waals surface area contributed by atoms with Gasteiger partial charge in [0.1, 0.15) is 0 Å². The molecule has 1 heterocycles. The second-order valence-electron chi connectivity index (χ2n) is 3.48. The first-order valence-electron chi connectivity index (χ1n) is 4.77. The molecule has 1 rings (SSSR count). The number of amides is 1. The highest BCUT2D eigenvalue weighted by molar-refractivity contribution is 5.73. The summed E-state index contributed by atoms with van der Waals surface area (Å²) >= 11 is 0. The molecule has 1 saturated heterocycles. The van der Waals surface area contributed by atoms with Crippen LogP contribution in [0.3, 0.4) is 0 Å². The first kappa shape index (κ1) is 10.5. The summed E-state index contributed by atoms with van der Waals surface area (Å²) in [4.78, 5) is 12.9. The zero-order chi connectivity index (χ0) is 9.68. The van der Waals surface area contributed by atoms with E-state index in [9.17, 15) is 4.79 Å². The zero-order valence-electron chi connectivity index (χ0n) is 8.16. The average molecular weight is 186 g/mol. The largest absolute Gasteiger partial charge is 0.380 e. The number of nitrogens with zero attached hydrogens (tertiary/aromatic N) is 1. The first-order chi connectivity index (χ1) is 6.24. The molecule has 1 aliphatic rings. The number of carbonyl (C=O) groups excluding carboxylic acids is 1. The fourth-order valence-electron chi connectivity index (χ4n) is 1.59. The average Bonchev–Trinajstić information content (AvgIpc) is 2.53. The molecule has 4 heteroatoms. The maximum atomic E-state index is 11.0. The molecule has 0 aliphatic carbocycles. The Bertz CT molecular complexity index is 173. The van der Waals surface area contributed by atoms with E-state index in [1.165, 1.54) is 0 Å². The molecule has 0 bridgehead atoms. The van der Waals surface area contributed by atoms with Crippen molar-refractivity contribution < 1.29 is 9.53 Å². The summed E-state index contributed by atoms with van der Waals surface area (Å²) in [5.41, 5.74) is 5.30. The molecule has 0 aromatic rings. The van der Waals surface area contributed by atoms with Crippen LogP contribution in [-0.2, 0) is 9.53 Å². The Balaban J connectivity index is 2.14. The quantitative estimate of drug-likeness (QED) is 0.620. The normalized spacial score (nSPS) is 22.3. The second-order valence-corrected chi connectivity index (χ2v) is 3.48. The van der Waals surface area contributed by atoms with Gasteiger partial charge in [0.25, 0.3) is 0 Å². The number of nitrogens with two attached hydrogens (primary N) is 1. The van der Waals surface area contributed by atoms with Crippen LogP contribution < -0.4 is 5.73 Å². The van der Waals surface area contributed by atoms with E-state index in [1.807, 2.05) is 4.90 Å². The third kappa shape index (κ3) is 3.32. The van der Waals surface area contributed by atoms with Crippen LogP contribution in [0.25, 0.3) is 0 Å². The van der Waals surface area contributed by atoms with Crippen LogP contribution in [0.1, 0.15) is 13.3 Å². The van der Waals surface area contributed by atoms with Crippen molar-refractivity contribution in [2.45, 2.75) is 13.3 Å². The number of rotatable bonds is 4. The Kier molecular flexibility index (Phi) is 4.18. The van der Waals surface area contributed by atoms with E-state index in [0.717, 1.165) is 26.1 Å². The number of likely N-dealkylation sites (tertiary alicyclic amines) is 1. The number of ether oxygens (including phenoxy) is 1. The fraction of sp³-hybridized carbons (Fsp3) is 0.889. The van der Waals surface area contributed by atoms with Crippen LogP contribution in [0.2, 0.25) is 0 Å². The van der Waals surface area contributed by atoms with Crippen LogP contribution in [0.5, 0.6) is 0 Å². The predicted molar refractivity (Wildman–Crippen MR) is 50.2 cm³/mol. The van der Waals surface area contributed by atoms with E-state index in [2.05, 4.69) is 0 Å². The minimum Gasteiger partial charge on any atom is -0.380 e. The molecule has 1 fully saturated rings. The van der Waals surface area contributed by atoms with Crippen molar-refractivity contribution in [3.63, 3.8) is 0 Å².